The van der Waals surface area contributed by atoms with Crippen LogP contribution < -0.4 is 5.32 Å². The van der Waals surface area contributed by atoms with Crippen molar-refractivity contribution >= 4 is 5.69 Å². The van der Waals surface area contributed by atoms with Gasteiger partial charge in [0.05, 0.1) is 6.20 Å². The minimum absolute atomic E-state index is 0.670. The molecular weight excluding hydrogens is 136 g/mol. The van der Waals surface area contributed by atoms with Gasteiger partial charge in [0, 0.05) is 18.4 Å². The van der Waals surface area contributed by atoms with E-state index in [1.807, 2.05) is 12.1 Å². The van der Waals surface area contributed by atoms with Crippen LogP contribution in [-0.4, -0.2) is 11.5 Å². The van der Waals surface area contributed by atoms with Gasteiger partial charge in [0.1, 0.15) is 0 Å². The van der Waals surface area contributed by atoms with Gasteiger partial charge in [0.2, 0.25) is 0 Å². The molecule has 0 aromatic carbocycles. The molecule has 11 heavy (non-hydrogen) atoms. The average Bonchev–Trinajstić information content (AvgIpc) is 2.03. The molecule has 0 bridgehead atoms. The van der Waals surface area contributed by atoms with Crippen molar-refractivity contribution in [3.8, 4) is 0 Å². The van der Waals surface area contributed by atoms with Gasteiger partial charge in [-0.1, -0.05) is 13.8 Å². The molecule has 0 saturated carbocycles. The molecule has 0 amide bonds. The Hall–Kier alpha value is -1.05. The summed E-state index contributed by atoms with van der Waals surface area (Å²) in [5.41, 5.74) is 1.09. The fourth-order valence-electron chi connectivity index (χ4n) is 0.747. The van der Waals surface area contributed by atoms with E-state index in [0.29, 0.717) is 5.92 Å². The van der Waals surface area contributed by atoms with E-state index in [1.54, 1.807) is 6.20 Å². The van der Waals surface area contributed by atoms with Crippen LogP contribution in [0.15, 0.2) is 18.3 Å². The van der Waals surface area contributed by atoms with Gasteiger partial charge >= 0.3 is 0 Å². The molecular formula is C9H13N2. The molecule has 2 nitrogen and oxygen atoms in total. The van der Waals surface area contributed by atoms with Crippen molar-refractivity contribution in [2.75, 3.05) is 11.9 Å². The van der Waals surface area contributed by atoms with E-state index in [1.165, 1.54) is 0 Å². The van der Waals surface area contributed by atoms with Gasteiger partial charge < -0.3 is 5.32 Å². The fourth-order valence-corrected chi connectivity index (χ4v) is 0.747. The Labute approximate surface area is 67.7 Å². The Morgan fingerprint density at radius 2 is 2.45 bits per heavy atom. The van der Waals surface area contributed by atoms with Crippen molar-refractivity contribution < 1.29 is 0 Å². The Morgan fingerprint density at radius 3 is 3.00 bits per heavy atom. The second-order valence-electron chi connectivity index (χ2n) is 2.95. The maximum absolute atomic E-state index is 3.81. The van der Waals surface area contributed by atoms with Crippen molar-refractivity contribution in [2.24, 2.45) is 5.92 Å². The van der Waals surface area contributed by atoms with Gasteiger partial charge in [-0.2, -0.15) is 0 Å². The van der Waals surface area contributed by atoms with Crippen LogP contribution in [-0.2, 0) is 0 Å². The Kier molecular flexibility index (Phi) is 2.90. The van der Waals surface area contributed by atoms with Crippen LogP contribution >= 0.6 is 0 Å². The van der Waals surface area contributed by atoms with Gasteiger partial charge in [-0.05, 0) is 18.1 Å². The third-order valence-electron chi connectivity index (χ3n) is 1.34. The summed E-state index contributed by atoms with van der Waals surface area (Å²) in [6, 6.07) is 3.79. The van der Waals surface area contributed by atoms with Crippen LogP contribution in [0.3, 0.4) is 0 Å². The third kappa shape index (κ3) is 3.03. The van der Waals surface area contributed by atoms with Crippen LogP contribution in [0.1, 0.15) is 13.8 Å². The number of pyridine rings is 1. The largest absolute Gasteiger partial charge is 0.385 e. The zero-order chi connectivity index (χ0) is 8.10. The van der Waals surface area contributed by atoms with E-state index in [4.69, 9.17) is 0 Å². The van der Waals surface area contributed by atoms with E-state index in [2.05, 4.69) is 30.3 Å². The van der Waals surface area contributed by atoms with Gasteiger partial charge in [0.15, 0.2) is 0 Å². The number of nitrogens with zero attached hydrogens (tertiary/aromatic N) is 1. The van der Waals surface area contributed by atoms with Gasteiger partial charge in [0.25, 0.3) is 0 Å². The first-order valence-electron chi connectivity index (χ1n) is 3.85. The molecule has 0 aliphatic heterocycles. The standard InChI is InChI=1S/C9H13N2/c1-8(2)7-11-9-3-5-10-6-4-9/h3-5,8H,7H2,1-2H3,(H,10,11). The first-order valence-corrected chi connectivity index (χ1v) is 3.85. The molecule has 0 saturated heterocycles. The van der Waals surface area contributed by atoms with Gasteiger partial charge in [-0.15, -0.1) is 0 Å². The zero-order valence-electron chi connectivity index (χ0n) is 6.96. The average molecular weight is 149 g/mol. The van der Waals surface area contributed by atoms with E-state index in [0.717, 1.165) is 12.2 Å². The van der Waals surface area contributed by atoms with Crippen LogP contribution in [0.4, 0.5) is 5.69 Å². The van der Waals surface area contributed by atoms with Gasteiger partial charge in [-0.25, -0.2) is 0 Å². The van der Waals surface area contributed by atoms with E-state index in [9.17, 15) is 0 Å². The lowest BCUT2D eigenvalue weighted by atomic mass is 10.2. The molecule has 0 spiro atoms. The highest BCUT2D eigenvalue weighted by Crippen LogP contribution is 2.03. The normalized spacial score (nSPS) is 10.1. The van der Waals surface area contributed by atoms with Crippen molar-refractivity contribution in [2.45, 2.75) is 13.8 Å². The summed E-state index contributed by atoms with van der Waals surface area (Å²) in [7, 11) is 0. The third-order valence-corrected chi connectivity index (χ3v) is 1.34. The van der Waals surface area contributed by atoms with Crippen molar-refractivity contribution in [1.82, 2.24) is 4.98 Å². The topological polar surface area (TPSA) is 24.9 Å². The van der Waals surface area contributed by atoms with Crippen LogP contribution in [0.5, 0.6) is 0 Å². The predicted molar refractivity (Wildman–Crippen MR) is 46.4 cm³/mol. The molecule has 1 heterocycles. The summed E-state index contributed by atoms with van der Waals surface area (Å²) in [5.74, 6) is 0.670. The summed E-state index contributed by atoms with van der Waals surface area (Å²) in [6.07, 6.45) is 4.51. The van der Waals surface area contributed by atoms with Crippen molar-refractivity contribution in [3.05, 3.63) is 24.5 Å². The summed E-state index contributed by atoms with van der Waals surface area (Å²) < 4.78 is 0. The maximum atomic E-state index is 3.81. The first kappa shape index (κ1) is 8.05. The lowest BCUT2D eigenvalue weighted by Gasteiger charge is -2.07. The minimum Gasteiger partial charge on any atom is -0.385 e. The SMILES string of the molecule is CC(C)CNc1c[c]ncc1. The second kappa shape index (κ2) is 3.96. The molecule has 1 rings (SSSR count). The molecule has 2 heteroatoms. The molecule has 0 aliphatic carbocycles. The minimum atomic E-state index is 0.670. The molecule has 1 N–H and O–H groups in total. The quantitative estimate of drug-likeness (QED) is 0.710. The van der Waals surface area contributed by atoms with E-state index >= 15 is 0 Å². The Morgan fingerprint density at radius 1 is 1.64 bits per heavy atom. The molecule has 0 aliphatic rings. The maximum Gasteiger partial charge on any atom is 0.0907 e. The van der Waals surface area contributed by atoms with Crippen molar-refractivity contribution in [3.63, 3.8) is 0 Å². The summed E-state index contributed by atoms with van der Waals surface area (Å²) in [6.45, 7) is 5.35. The highest BCUT2D eigenvalue weighted by Gasteiger charge is 1.92. The van der Waals surface area contributed by atoms with Gasteiger partial charge in [-0.3, -0.25) is 4.98 Å². The molecule has 1 aromatic heterocycles. The second-order valence-corrected chi connectivity index (χ2v) is 2.95. The van der Waals surface area contributed by atoms with Crippen molar-refractivity contribution in [1.29, 1.82) is 0 Å². The Bertz CT molecular complexity index is 194. The van der Waals surface area contributed by atoms with Crippen LogP contribution in [0.2, 0.25) is 0 Å². The number of aromatic nitrogens is 1. The summed E-state index contributed by atoms with van der Waals surface area (Å²) in [4.78, 5) is 3.81. The fraction of sp³-hybridized carbons (Fsp3) is 0.444. The smallest absolute Gasteiger partial charge is 0.0907 e. The molecule has 0 unspecified atom stereocenters. The van der Waals surface area contributed by atoms with E-state index in [-0.39, 0.29) is 0 Å². The zero-order valence-corrected chi connectivity index (χ0v) is 6.96. The monoisotopic (exact) mass is 149 g/mol. The predicted octanol–water partition coefficient (Wildman–Crippen LogP) is 1.95. The lowest BCUT2D eigenvalue weighted by molar-refractivity contribution is 0.689. The van der Waals surface area contributed by atoms with Crippen LogP contribution in [0.25, 0.3) is 0 Å². The number of hydrogen-bond donors (Lipinski definition) is 1. The summed E-state index contributed by atoms with van der Waals surface area (Å²) >= 11 is 0. The molecule has 1 radical (unpaired) electrons. The summed E-state index contributed by atoms with van der Waals surface area (Å²) in [5, 5.41) is 3.27. The number of nitrogens with one attached hydrogen (secondary N) is 1. The molecule has 1 aromatic rings. The van der Waals surface area contributed by atoms with E-state index < -0.39 is 0 Å². The number of hydrogen-bond acceptors (Lipinski definition) is 2. The molecule has 0 fully saturated rings. The van der Waals surface area contributed by atoms with Crippen LogP contribution in [0, 0.1) is 12.1 Å². The number of rotatable bonds is 3. The lowest BCUT2D eigenvalue weighted by Crippen LogP contribution is -2.07. The highest BCUT2D eigenvalue weighted by atomic mass is 14.9. The first-order chi connectivity index (χ1) is 5.29. The Balaban J connectivity index is 2.39. The molecule has 59 valence electrons. The molecule has 0 atom stereocenters. The highest BCUT2D eigenvalue weighted by molar-refractivity contribution is 5.40. The number of anilines is 1.